The molecule has 1 unspecified atom stereocenters. The second kappa shape index (κ2) is 6.84. The number of nitrogens with one attached hydrogen (secondary N) is 1. The largest absolute Gasteiger partial charge is 0.476 e. The molecule has 2 rings (SSSR count). The van der Waals surface area contributed by atoms with Crippen molar-refractivity contribution >= 4 is 21.6 Å². The van der Waals surface area contributed by atoms with Crippen molar-refractivity contribution in [1.29, 1.82) is 0 Å². The number of halogens is 3. The zero-order valence-corrected chi connectivity index (χ0v) is 14.0. The van der Waals surface area contributed by atoms with Crippen molar-refractivity contribution in [3.05, 3.63) is 17.3 Å². The fourth-order valence-electron chi connectivity index (χ4n) is 2.56. The van der Waals surface area contributed by atoms with E-state index in [1.807, 2.05) is 0 Å². The van der Waals surface area contributed by atoms with E-state index in [4.69, 9.17) is 21.5 Å². The van der Waals surface area contributed by atoms with Gasteiger partial charge in [0.15, 0.2) is 0 Å². The van der Waals surface area contributed by atoms with Crippen LogP contribution in [-0.4, -0.2) is 39.5 Å². The Hall–Kier alpha value is -1.03. The third kappa shape index (κ3) is 4.09. The first-order chi connectivity index (χ1) is 10.7. The standard InChI is InChI=1S/C13H18ClF2N3O3S/c1-8(11(15)16)13(2-3-18-6-13)7-22-12-10(14)4-9(5-19-12)23(17,20)21/h4-5,8,11,18H,2-3,6-7H2,1H3,(H2,17,20,21)/t8?,13-/m1/s1. The van der Waals surface area contributed by atoms with Gasteiger partial charge in [-0.1, -0.05) is 18.5 Å². The fourth-order valence-corrected chi connectivity index (χ4v) is 3.32. The molecule has 1 aromatic rings. The molecule has 23 heavy (non-hydrogen) atoms. The molecule has 2 heterocycles. The Balaban J connectivity index is 2.16. The highest BCUT2D eigenvalue weighted by atomic mass is 35.5. The maximum atomic E-state index is 13.1. The number of primary sulfonamides is 1. The predicted octanol–water partition coefficient (Wildman–Crippen LogP) is 1.64. The van der Waals surface area contributed by atoms with Crippen molar-refractivity contribution < 1.29 is 21.9 Å². The molecule has 1 fully saturated rings. The molecule has 0 spiro atoms. The van der Waals surface area contributed by atoms with Crippen molar-refractivity contribution in [2.45, 2.75) is 24.7 Å². The van der Waals surface area contributed by atoms with E-state index in [1.165, 1.54) is 6.92 Å². The first kappa shape index (κ1) is 18.3. The molecule has 1 aromatic heterocycles. The van der Waals surface area contributed by atoms with Crippen LogP contribution in [0.1, 0.15) is 13.3 Å². The molecule has 0 bridgehead atoms. The van der Waals surface area contributed by atoms with E-state index < -0.39 is 27.8 Å². The van der Waals surface area contributed by atoms with Crippen LogP contribution in [0.4, 0.5) is 8.78 Å². The number of hydrogen-bond acceptors (Lipinski definition) is 5. The number of pyridine rings is 1. The van der Waals surface area contributed by atoms with Gasteiger partial charge in [0, 0.05) is 17.9 Å². The number of ether oxygens (including phenoxy) is 1. The molecule has 0 radical (unpaired) electrons. The van der Waals surface area contributed by atoms with Gasteiger partial charge >= 0.3 is 0 Å². The quantitative estimate of drug-likeness (QED) is 0.795. The van der Waals surface area contributed by atoms with Gasteiger partial charge in [0.05, 0.1) is 12.8 Å². The molecule has 1 saturated heterocycles. The maximum Gasteiger partial charge on any atom is 0.241 e. The number of alkyl halides is 2. The Morgan fingerprint density at radius 2 is 2.26 bits per heavy atom. The van der Waals surface area contributed by atoms with Crippen LogP contribution in [0.25, 0.3) is 0 Å². The van der Waals surface area contributed by atoms with Crippen LogP contribution in [0, 0.1) is 11.3 Å². The third-order valence-electron chi connectivity index (χ3n) is 4.23. The summed E-state index contributed by atoms with van der Waals surface area (Å²) in [6, 6.07) is 1.12. The van der Waals surface area contributed by atoms with Crippen molar-refractivity contribution in [2.75, 3.05) is 19.7 Å². The lowest BCUT2D eigenvalue weighted by molar-refractivity contribution is -0.0129. The first-order valence-electron chi connectivity index (χ1n) is 6.96. The smallest absolute Gasteiger partial charge is 0.241 e. The molecule has 2 atom stereocenters. The van der Waals surface area contributed by atoms with Crippen LogP contribution < -0.4 is 15.2 Å². The van der Waals surface area contributed by atoms with Gasteiger partial charge in [0.2, 0.25) is 22.3 Å². The third-order valence-corrected chi connectivity index (χ3v) is 5.38. The highest BCUT2D eigenvalue weighted by Crippen LogP contribution is 2.38. The SMILES string of the molecule is CC(C(F)F)[C@]1(COc2ncc(S(N)(=O)=O)cc2Cl)CCNC1. The van der Waals surface area contributed by atoms with E-state index in [9.17, 15) is 17.2 Å². The molecule has 6 nitrogen and oxygen atoms in total. The Morgan fingerprint density at radius 1 is 1.57 bits per heavy atom. The minimum absolute atomic E-state index is 0.00689. The molecule has 1 aliphatic heterocycles. The summed E-state index contributed by atoms with van der Waals surface area (Å²) in [5.74, 6) is -0.869. The van der Waals surface area contributed by atoms with Gasteiger partial charge in [-0.3, -0.25) is 0 Å². The summed E-state index contributed by atoms with van der Waals surface area (Å²) in [6.07, 6.45) is -0.899. The Labute approximate surface area is 138 Å². The minimum Gasteiger partial charge on any atom is -0.476 e. The summed E-state index contributed by atoms with van der Waals surface area (Å²) in [5.41, 5.74) is -0.724. The van der Waals surface area contributed by atoms with E-state index in [0.29, 0.717) is 19.5 Å². The number of sulfonamides is 1. The Morgan fingerprint density at radius 3 is 2.74 bits per heavy atom. The van der Waals surface area contributed by atoms with Crippen LogP contribution in [0.3, 0.4) is 0 Å². The first-order valence-corrected chi connectivity index (χ1v) is 8.88. The number of aromatic nitrogens is 1. The summed E-state index contributed by atoms with van der Waals surface area (Å²) >= 11 is 5.94. The van der Waals surface area contributed by atoms with Gasteiger partial charge < -0.3 is 10.1 Å². The van der Waals surface area contributed by atoms with Crippen molar-refractivity contribution in [3.63, 3.8) is 0 Å². The van der Waals surface area contributed by atoms with Crippen LogP contribution in [0.2, 0.25) is 5.02 Å². The normalized spacial score (nSPS) is 23.2. The van der Waals surface area contributed by atoms with Gasteiger partial charge in [0.1, 0.15) is 9.92 Å². The Kier molecular flexibility index (Phi) is 5.44. The van der Waals surface area contributed by atoms with E-state index in [2.05, 4.69) is 10.3 Å². The van der Waals surface area contributed by atoms with E-state index in [-0.39, 0.29) is 22.4 Å². The van der Waals surface area contributed by atoms with E-state index in [1.54, 1.807) is 0 Å². The summed E-state index contributed by atoms with van der Waals surface area (Å²) in [4.78, 5) is 3.58. The summed E-state index contributed by atoms with van der Waals surface area (Å²) in [7, 11) is -3.92. The summed E-state index contributed by atoms with van der Waals surface area (Å²) in [5, 5.41) is 8.01. The fraction of sp³-hybridized carbons (Fsp3) is 0.615. The van der Waals surface area contributed by atoms with E-state index >= 15 is 0 Å². The van der Waals surface area contributed by atoms with Crippen LogP contribution in [-0.2, 0) is 10.0 Å². The van der Waals surface area contributed by atoms with Crippen LogP contribution in [0.15, 0.2) is 17.2 Å². The van der Waals surface area contributed by atoms with Crippen molar-refractivity contribution in [3.8, 4) is 5.88 Å². The predicted molar refractivity (Wildman–Crippen MR) is 81.2 cm³/mol. The topological polar surface area (TPSA) is 94.3 Å². The number of nitrogens with two attached hydrogens (primary N) is 1. The summed E-state index contributed by atoms with van der Waals surface area (Å²) in [6.45, 7) is 2.53. The van der Waals surface area contributed by atoms with Gasteiger partial charge in [0.25, 0.3) is 0 Å². The zero-order chi connectivity index (χ0) is 17.3. The molecular weight excluding hydrogens is 352 g/mol. The molecule has 130 valence electrons. The van der Waals surface area contributed by atoms with Crippen LogP contribution >= 0.6 is 11.6 Å². The zero-order valence-electron chi connectivity index (χ0n) is 12.4. The van der Waals surface area contributed by atoms with Gasteiger partial charge in [-0.05, 0) is 19.0 Å². The number of rotatable bonds is 6. The second-order valence-electron chi connectivity index (χ2n) is 5.70. The molecule has 0 aliphatic carbocycles. The molecular formula is C13H18ClF2N3O3S. The van der Waals surface area contributed by atoms with Crippen LogP contribution in [0.5, 0.6) is 5.88 Å². The van der Waals surface area contributed by atoms with Crippen molar-refractivity contribution in [2.24, 2.45) is 16.5 Å². The Bertz CT molecular complexity index is 666. The number of nitrogens with zero attached hydrogens (tertiary/aromatic N) is 1. The molecule has 10 heteroatoms. The average Bonchev–Trinajstić information content (AvgIpc) is 2.94. The van der Waals surface area contributed by atoms with Gasteiger partial charge in [-0.2, -0.15) is 0 Å². The van der Waals surface area contributed by atoms with Gasteiger partial charge in [-0.25, -0.2) is 27.3 Å². The monoisotopic (exact) mass is 369 g/mol. The number of hydrogen-bond donors (Lipinski definition) is 2. The molecule has 0 amide bonds. The second-order valence-corrected chi connectivity index (χ2v) is 7.67. The lowest BCUT2D eigenvalue weighted by Crippen LogP contribution is -2.40. The molecule has 3 N–H and O–H groups in total. The highest BCUT2D eigenvalue weighted by molar-refractivity contribution is 7.89. The molecule has 1 aliphatic rings. The van der Waals surface area contributed by atoms with E-state index in [0.717, 1.165) is 12.3 Å². The average molecular weight is 370 g/mol. The lowest BCUT2D eigenvalue weighted by Gasteiger charge is -2.33. The van der Waals surface area contributed by atoms with Crippen molar-refractivity contribution in [1.82, 2.24) is 10.3 Å². The maximum absolute atomic E-state index is 13.1. The van der Waals surface area contributed by atoms with Gasteiger partial charge in [-0.15, -0.1) is 0 Å². The minimum atomic E-state index is -3.92. The highest BCUT2D eigenvalue weighted by Gasteiger charge is 2.44. The molecule has 0 saturated carbocycles. The molecule has 0 aromatic carbocycles. The summed E-state index contributed by atoms with van der Waals surface area (Å²) < 4.78 is 54.2. The lowest BCUT2D eigenvalue weighted by atomic mass is 9.76.